The fourth-order valence-corrected chi connectivity index (χ4v) is 2.87. The van der Waals surface area contributed by atoms with E-state index in [2.05, 4.69) is 10.3 Å². The van der Waals surface area contributed by atoms with Crippen molar-refractivity contribution in [2.24, 2.45) is 0 Å². The van der Waals surface area contributed by atoms with Crippen molar-refractivity contribution in [3.05, 3.63) is 45.9 Å². The number of amides is 1. The Labute approximate surface area is 153 Å². The molecule has 2 aromatic rings. The molecule has 1 heterocycles. The Kier molecular flexibility index (Phi) is 6.33. The third-order valence-electron chi connectivity index (χ3n) is 3.65. The van der Waals surface area contributed by atoms with Crippen molar-refractivity contribution in [3.63, 3.8) is 0 Å². The van der Waals surface area contributed by atoms with Gasteiger partial charge >= 0.3 is 5.97 Å². The fraction of sp³-hybridized carbons (Fsp3) is 0.312. The van der Waals surface area contributed by atoms with Crippen LogP contribution in [0.25, 0.3) is 0 Å². The minimum absolute atomic E-state index is 0. The van der Waals surface area contributed by atoms with Gasteiger partial charge in [0.05, 0.1) is 18.2 Å². The van der Waals surface area contributed by atoms with E-state index in [1.807, 2.05) is 6.07 Å². The van der Waals surface area contributed by atoms with Crippen LogP contribution in [-0.2, 0) is 6.54 Å². The van der Waals surface area contributed by atoms with Gasteiger partial charge in [-0.2, -0.15) is 0 Å². The van der Waals surface area contributed by atoms with Crippen molar-refractivity contribution >= 4 is 40.2 Å². The van der Waals surface area contributed by atoms with Crippen LogP contribution in [0.4, 0.5) is 0 Å². The lowest BCUT2D eigenvalue weighted by molar-refractivity contribution is 0.0691. The fourth-order valence-electron chi connectivity index (χ4n) is 2.17. The second-order valence-corrected chi connectivity index (χ2v) is 6.22. The third kappa shape index (κ3) is 4.33. The lowest BCUT2D eigenvalue weighted by Crippen LogP contribution is -2.27. The van der Waals surface area contributed by atoms with Gasteiger partial charge in [-0.1, -0.05) is 12.1 Å². The highest BCUT2D eigenvalue weighted by atomic mass is 79.9. The average molecular weight is 413 g/mol. The summed E-state index contributed by atoms with van der Waals surface area (Å²) in [5, 5.41) is 13.6. The Morgan fingerprint density at radius 2 is 2.08 bits per heavy atom. The van der Waals surface area contributed by atoms with Crippen molar-refractivity contribution in [1.82, 2.24) is 10.3 Å². The van der Waals surface area contributed by atoms with Crippen LogP contribution in [0, 0.1) is 0 Å². The number of para-hydroxylation sites is 1. The van der Waals surface area contributed by atoms with Gasteiger partial charge < -0.3 is 15.2 Å². The first kappa shape index (κ1) is 18.4. The maximum absolute atomic E-state index is 12.3. The number of thiazole rings is 1. The Hall–Kier alpha value is -1.93. The molecule has 0 saturated heterocycles. The standard InChI is InChI=1S/C16H16N2O4S.BrH/c19-15(17-8-14-18-12(9-23-14)16(20)21)11-6-1-2-7-13(11)22-10-4-3-5-10;/h1-2,6-7,9-10H,3-5,8H2,(H,17,19)(H,20,21);1H. The van der Waals surface area contributed by atoms with E-state index in [1.54, 1.807) is 18.2 Å². The molecule has 128 valence electrons. The molecule has 1 aromatic carbocycles. The van der Waals surface area contributed by atoms with E-state index in [9.17, 15) is 9.59 Å². The number of hydrogen-bond donors (Lipinski definition) is 2. The van der Waals surface area contributed by atoms with Crippen LogP contribution in [-0.4, -0.2) is 28.1 Å². The average Bonchev–Trinajstić information content (AvgIpc) is 2.98. The number of carboxylic acid groups (broad SMARTS) is 1. The van der Waals surface area contributed by atoms with Gasteiger partial charge in [-0.3, -0.25) is 4.79 Å². The molecule has 0 radical (unpaired) electrons. The van der Waals surface area contributed by atoms with Crippen LogP contribution >= 0.6 is 28.3 Å². The Balaban J connectivity index is 0.00000208. The summed E-state index contributed by atoms with van der Waals surface area (Å²) in [4.78, 5) is 27.1. The number of nitrogens with one attached hydrogen (secondary N) is 1. The summed E-state index contributed by atoms with van der Waals surface area (Å²) in [7, 11) is 0. The molecule has 6 nitrogen and oxygen atoms in total. The van der Waals surface area contributed by atoms with Crippen molar-refractivity contribution in [1.29, 1.82) is 0 Å². The minimum Gasteiger partial charge on any atom is -0.490 e. The summed E-state index contributed by atoms with van der Waals surface area (Å²) < 4.78 is 5.84. The summed E-state index contributed by atoms with van der Waals surface area (Å²) in [5.74, 6) is -0.745. The van der Waals surface area contributed by atoms with Crippen molar-refractivity contribution in [3.8, 4) is 5.75 Å². The molecule has 8 heteroatoms. The Bertz CT molecular complexity index is 730. The highest BCUT2D eigenvalue weighted by Gasteiger charge is 2.22. The van der Waals surface area contributed by atoms with Crippen LogP contribution in [0.1, 0.15) is 45.1 Å². The predicted molar refractivity (Wildman–Crippen MR) is 95.3 cm³/mol. The molecular formula is C16H17BrN2O4S. The second kappa shape index (κ2) is 8.25. The van der Waals surface area contributed by atoms with Gasteiger partial charge in [0, 0.05) is 5.38 Å². The molecule has 1 saturated carbocycles. The first-order valence-corrected chi connectivity index (χ1v) is 8.23. The summed E-state index contributed by atoms with van der Waals surface area (Å²) in [6, 6.07) is 7.13. The lowest BCUT2D eigenvalue weighted by Gasteiger charge is -2.27. The van der Waals surface area contributed by atoms with Gasteiger partial charge in [-0.15, -0.1) is 28.3 Å². The largest absolute Gasteiger partial charge is 0.490 e. The number of benzene rings is 1. The maximum atomic E-state index is 12.3. The molecule has 0 spiro atoms. The minimum atomic E-state index is -1.07. The van der Waals surface area contributed by atoms with E-state index in [-0.39, 0.29) is 41.2 Å². The molecule has 1 amide bonds. The summed E-state index contributed by atoms with van der Waals surface area (Å²) in [6.07, 6.45) is 3.40. The van der Waals surface area contributed by atoms with E-state index in [0.717, 1.165) is 19.3 Å². The highest BCUT2D eigenvalue weighted by molar-refractivity contribution is 8.93. The van der Waals surface area contributed by atoms with E-state index in [0.29, 0.717) is 16.3 Å². The number of carboxylic acids is 1. The zero-order valence-corrected chi connectivity index (χ0v) is 15.3. The number of aromatic carboxylic acids is 1. The van der Waals surface area contributed by atoms with E-state index < -0.39 is 5.97 Å². The molecule has 0 aliphatic heterocycles. The van der Waals surface area contributed by atoms with Crippen LogP contribution in [0.5, 0.6) is 5.75 Å². The molecule has 3 rings (SSSR count). The van der Waals surface area contributed by atoms with Gasteiger partial charge in [0.15, 0.2) is 5.69 Å². The number of halogens is 1. The molecule has 1 aliphatic rings. The van der Waals surface area contributed by atoms with Crippen LogP contribution in [0.15, 0.2) is 29.6 Å². The molecule has 1 aliphatic carbocycles. The Morgan fingerprint density at radius 1 is 1.33 bits per heavy atom. The first-order chi connectivity index (χ1) is 11.1. The Morgan fingerprint density at radius 3 is 2.71 bits per heavy atom. The van der Waals surface area contributed by atoms with Gasteiger partial charge in [0.1, 0.15) is 10.8 Å². The number of ether oxygens (including phenoxy) is 1. The summed E-state index contributed by atoms with van der Waals surface area (Å²) in [6.45, 7) is 0.189. The second-order valence-electron chi connectivity index (χ2n) is 5.28. The highest BCUT2D eigenvalue weighted by Crippen LogP contribution is 2.27. The van der Waals surface area contributed by atoms with Crippen molar-refractivity contribution in [2.75, 3.05) is 0 Å². The molecule has 0 bridgehead atoms. The van der Waals surface area contributed by atoms with Gasteiger partial charge in [-0.05, 0) is 31.4 Å². The molecule has 24 heavy (non-hydrogen) atoms. The molecule has 1 fully saturated rings. The number of rotatable bonds is 6. The smallest absolute Gasteiger partial charge is 0.355 e. The van der Waals surface area contributed by atoms with Crippen molar-refractivity contribution in [2.45, 2.75) is 31.9 Å². The SMILES string of the molecule is Br.O=C(O)c1csc(CNC(=O)c2ccccc2OC2CCC2)n1. The normalized spacial score (nSPS) is 13.5. The summed E-state index contributed by atoms with van der Waals surface area (Å²) >= 11 is 1.20. The zero-order valence-electron chi connectivity index (χ0n) is 12.7. The van der Waals surface area contributed by atoms with Crippen LogP contribution in [0.3, 0.4) is 0 Å². The molecule has 2 N–H and O–H groups in total. The van der Waals surface area contributed by atoms with E-state index in [4.69, 9.17) is 9.84 Å². The number of hydrogen-bond acceptors (Lipinski definition) is 5. The van der Waals surface area contributed by atoms with E-state index in [1.165, 1.54) is 16.7 Å². The monoisotopic (exact) mass is 412 g/mol. The predicted octanol–water partition coefficient (Wildman–Crippen LogP) is 3.28. The quantitative estimate of drug-likeness (QED) is 0.759. The number of carbonyl (C=O) groups excluding carboxylic acids is 1. The number of aromatic nitrogens is 1. The summed E-state index contributed by atoms with van der Waals surface area (Å²) in [5.41, 5.74) is 0.474. The van der Waals surface area contributed by atoms with Gasteiger partial charge in [-0.25, -0.2) is 9.78 Å². The topological polar surface area (TPSA) is 88.5 Å². The van der Waals surface area contributed by atoms with Crippen molar-refractivity contribution < 1.29 is 19.4 Å². The van der Waals surface area contributed by atoms with Gasteiger partial charge in [0.2, 0.25) is 0 Å². The van der Waals surface area contributed by atoms with E-state index >= 15 is 0 Å². The van der Waals surface area contributed by atoms with Crippen LogP contribution < -0.4 is 10.1 Å². The maximum Gasteiger partial charge on any atom is 0.355 e. The first-order valence-electron chi connectivity index (χ1n) is 7.35. The third-order valence-corrected chi connectivity index (χ3v) is 4.50. The molecule has 0 unspecified atom stereocenters. The number of carbonyl (C=O) groups is 2. The number of nitrogens with zero attached hydrogens (tertiary/aromatic N) is 1. The van der Waals surface area contributed by atoms with Gasteiger partial charge in [0.25, 0.3) is 5.91 Å². The zero-order chi connectivity index (χ0) is 16.2. The lowest BCUT2D eigenvalue weighted by atomic mass is 9.96. The molecular weight excluding hydrogens is 396 g/mol. The molecule has 1 aromatic heterocycles. The molecule has 0 atom stereocenters. The van der Waals surface area contributed by atoms with Crippen LogP contribution in [0.2, 0.25) is 0 Å².